The number of nitrogens with zero attached hydrogens (tertiary/aromatic N) is 4. The van der Waals surface area contributed by atoms with Crippen molar-refractivity contribution in [2.24, 2.45) is 9.98 Å². The summed E-state index contributed by atoms with van der Waals surface area (Å²) >= 11 is 1.71. The number of aryl methyl sites for hydroxylation is 1. The molecule has 0 atom stereocenters. The molecular formula is C25H20N4S. The van der Waals surface area contributed by atoms with Crippen molar-refractivity contribution in [3.05, 3.63) is 82.7 Å². The van der Waals surface area contributed by atoms with E-state index in [2.05, 4.69) is 66.4 Å². The van der Waals surface area contributed by atoms with Crippen LogP contribution in [0.2, 0.25) is 0 Å². The van der Waals surface area contributed by atoms with Crippen molar-refractivity contribution < 1.29 is 0 Å². The van der Waals surface area contributed by atoms with Gasteiger partial charge in [-0.3, -0.25) is 4.99 Å². The number of pyridine rings is 1. The Morgan fingerprint density at radius 2 is 1.63 bits per heavy atom. The van der Waals surface area contributed by atoms with Crippen LogP contribution in [-0.4, -0.2) is 34.6 Å². The molecule has 6 rings (SSSR count). The van der Waals surface area contributed by atoms with Gasteiger partial charge in [0.25, 0.3) is 0 Å². The molecule has 2 aliphatic rings. The van der Waals surface area contributed by atoms with Crippen LogP contribution in [0, 0.1) is 6.92 Å². The maximum atomic E-state index is 5.18. The molecule has 0 bridgehead atoms. The summed E-state index contributed by atoms with van der Waals surface area (Å²) in [5.41, 5.74) is 5.50. The maximum Gasteiger partial charge on any atom is 0.149 e. The predicted octanol–water partition coefficient (Wildman–Crippen LogP) is 5.82. The van der Waals surface area contributed by atoms with E-state index in [1.54, 1.807) is 11.3 Å². The number of thiophene rings is 1. The molecule has 0 radical (unpaired) electrons. The van der Waals surface area contributed by atoms with Gasteiger partial charge >= 0.3 is 0 Å². The second-order valence-corrected chi connectivity index (χ2v) is 8.66. The Balaban J connectivity index is 1.60. The Hall–Kier alpha value is -3.31. The van der Waals surface area contributed by atoms with E-state index < -0.39 is 0 Å². The highest BCUT2D eigenvalue weighted by Crippen LogP contribution is 2.44. The van der Waals surface area contributed by atoms with Crippen molar-refractivity contribution in [3.8, 4) is 11.3 Å². The molecule has 0 fully saturated rings. The summed E-state index contributed by atoms with van der Waals surface area (Å²) < 4.78 is 0. The van der Waals surface area contributed by atoms with Gasteiger partial charge in [0.05, 0.1) is 16.3 Å². The van der Waals surface area contributed by atoms with Crippen LogP contribution in [0.3, 0.4) is 0 Å². The van der Waals surface area contributed by atoms with Gasteiger partial charge in [0.1, 0.15) is 16.5 Å². The van der Waals surface area contributed by atoms with Crippen LogP contribution in [0.4, 0.5) is 5.69 Å². The third kappa shape index (κ3) is 2.70. The molecule has 0 amide bonds. The van der Waals surface area contributed by atoms with Gasteiger partial charge < -0.3 is 4.90 Å². The Labute approximate surface area is 179 Å². The molecule has 4 nitrogen and oxygen atoms in total. The molecule has 4 heterocycles. The van der Waals surface area contributed by atoms with E-state index in [1.165, 1.54) is 5.56 Å². The van der Waals surface area contributed by atoms with Crippen molar-refractivity contribution in [3.63, 3.8) is 0 Å². The largest absolute Gasteiger partial charge is 0.309 e. The molecule has 0 saturated carbocycles. The van der Waals surface area contributed by atoms with E-state index in [4.69, 9.17) is 15.0 Å². The van der Waals surface area contributed by atoms with Gasteiger partial charge in [-0.2, -0.15) is 0 Å². The van der Waals surface area contributed by atoms with Crippen molar-refractivity contribution in [2.45, 2.75) is 13.3 Å². The smallest absolute Gasteiger partial charge is 0.149 e. The topological polar surface area (TPSA) is 40.9 Å². The third-order valence-corrected chi connectivity index (χ3v) is 6.74. The zero-order chi connectivity index (χ0) is 20.1. The minimum Gasteiger partial charge on any atom is -0.309 e. The number of hydrogen-bond donors (Lipinski definition) is 0. The molecule has 0 saturated heterocycles. The first-order valence-electron chi connectivity index (χ1n) is 10.3. The van der Waals surface area contributed by atoms with Gasteiger partial charge in [0, 0.05) is 29.6 Å². The van der Waals surface area contributed by atoms with Gasteiger partial charge in [0.15, 0.2) is 0 Å². The summed E-state index contributed by atoms with van der Waals surface area (Å²) in [6.45, 7) is 3.97. The average molecular weight is 409 g/mol. The SMILES string of the molecule is Cc1cc(-c2ccccc2)nc2sc3c(c12)N=C(c1ccccc1)N1CCCN=C31. The van der Waals surface area contributed by atoms with E-state index in [1.807, 2.05) is 12.1 Å². The lowest BCUT2D eigenvalue weighted by Crippen LogP contribution is -2.42. The number of rotatable bonds is 2. The lowest BCUT2D eigenvalue weighted by Gasteiger charge is -2.33. The second-order valence-electron chi connectivity index (χ2n) is 7.66. The summed E-state index contributed by atoms with van der Waals surface area (Å²) in [6, 6.07) is 23.0. The van der Waals surface area contributed by atoms with Crippen LogP contribution in [0.15, 0.2) is 76.7 Å². The molecule has 5 heteroatoms. The fourth-order valence-corrected chi connectivity index (χ4v) is 5.47. The third-order valence-electron chi connectivity index (χ3n) is 5.67. The Kier molecular flexibility index (Phi) is 4.03. The first-order chi connectivity index (χ1) is 14.8. The van der Waals surface area contributed by atoms with Crippen LogP contribution in [0.25, 0.3) is 21.5 Å². The van der Waals surface area contributed by atoms with Gasteiger partial charge in [-0.05, 0) is 25.0 Å². The van der Waals surface area contributed by atoms with E-state index in [0.29, 0.717) is 0 Å². The molecule has 2 aromatic heterocycles. The highest BCUT2D eigenvalue weighted by Gasteiger charge is 2.32. The highest BCUT2D eigenvalue weighted by molar-refractivity contribution is 7.21. The van der Waals surface area contributed by atoms with E-state index in [0.717, 1.165) is 68.8 Å². The number of fused-ring (bicyclic) bond motifs is 5. The number of hydrogen-bond acceptors (Lipinski definition) is 5. The van der Waals surface area contributed by atoms with Crippen molar-refractivity contribution in [1.29, 1.82) is 0 Å². The zero-order valence-electron chi connectivity index (χ0n) is 16.7. The van der Waals surface area contributed by atoms with Gasteiger partial charge in [0.2, 0.25) is 0 Å². The minimum atomic E-state index is 0.864. The molecule has 0 unspecified atom stereocenters. The van der Waals surface area contributed by atoms with Gasteiger partial charge in [-0.15, -0.1) is 11.3 Å². The Morgan fingerprint density at radius 1 is 0.900 bits per heavy atom. The van der Waals surface area contributed by atoms with Crippen molar-refractivity contribution >= 4 is 38.9 Å². The number of aliphatic imine (C=N–C) groups is 2. The van der Waals surface area contributed by atoms with E-state index >= 15 is 0 Å². The standard InChI is InChI=1S/C25H20N4S/c1-16-15-19(17-9-4-2-5-10-17)27-25-20(16)21-22(30-25)24-26-13-8-14-29(24)23(28-21)18-11-6-3-7-12-18/h2-7,9-12,15H,8,13-14H2,1H3. The number of aromatic nitrogens is 1. The first kappa shape index (κ1) is 17.5. The molecule has 0 spiro atoms. The monoisotopic (exact) mass is 408 g/mol. The summed E-state index contributed by atoms with van der Waals surface area (Å²) in [6.07, 6.45) is 1.05. The molecule has 4 aromatic rings. The molecule has 2 aliphatic heterocycles. The summed E-state index contributed by atoms with van der Waals surface area (Å²) in [5, 5.41) is 1.15. The van der Waals surface area contributed by atoms with Crippen LogP contribution in [-0.2, 0) is 0 Å². The Morgan fingerprint density at radius 3 is 2.40 bits per heavy atom. The number of amidine groups is 2. The van der Waals surface area contributed by atoms with E-state index in [9.17, 15) is 0 Å². The van der Waals surface area contributed by atoms with Crippen LogP contribution in [0.5, 0.6) is 0 Å². The fraction of sp³-hybridized carbons (Fsp3) is 0.160. The van der Waals surface area contributed by atoms with Gasteiger partial charge in [-0.25, -0.2) is 9.98 Å². The van der Waals surface area contributed by atoms with Gasteiger partial charge in [-0.1, -0.05) is 60.7 Å². The molecular weight excluding hydrogens is 388 g/mol. The lowest BCUT2D eigenvalue weighted by molar-refractivity contribution is 0.548. The number of benzene rings is 2. The molecule has 30 heavy (non-hydrogen) atoms. The normalized spacial score (nSPS) is 15.4. The van der Waals surface area contributed by atoms with Crippen molar-refractivity contribution in [2.75, 3.05) is 13.1 Å². The zero-order valence-corrected chi connectivity index (χ0v) is 17.5. The minimum absolute atomic E-state index is 0.864. The molecule has 0 N–H and O–H groups in total. The summed E-state index contributed by atoms with van der Waals surface area (Å²) in [7, 11) is 0. The lowest BCUT2D eigenvalue weighted by atomic mass is 10.0. The molecule has 0 aliphatic carbocycles. The summed E-state index contributed by atoms with van der Waals surface area (Å²) in [5.74, 6) is 2.04. The average Bonchev–Trinajstić information content (AvgIpc) is 3.19. The van der Waals surface area contributed by atoms with Crippen LogP contribution in [0.1, 0.15) is 22.4 Å². The van der Waals surface area contributed by atoms with Crippen LogP contribution < -0.4 is 0 Å². The molecule has 2 aromatic carbocycles. The first-order valence-corrected chi connectivity index (χ1v) is 11.1. The van der Waals surface area contributed by atoms with Crippen LogP contribution >= 0.6 is 11.3 Å². The Bertz CT molecular complexity index is 1320. The quantitative estimate of drug-likeness (QED) is 0.420. The van der Waals surface area contributed by atoms with E-state index in [-0.39, 0.29) is 0 Å². The predicted molar refractivity (Wildman–Crippen MR) is 125 cm³/mol. The highest BCUT2D eigenvalue weighted by atomic mass is 32.1. The summed E-state index contributed by atoms with van der Waals surface area (Å²) in [4.78, 5) is 19.6. The molecule has 146 valence electrons. The maximum absolute atomic E-state index is 5.18. The van der Waals surface area contributed by atoms with Crippen molar-refractivity contribution in [1.82, 2.24) is 9.88 Å². The second kappa shape index (κ2) is 6.89. The fourth-order valence-electron chi connectivity index (χ4n) is 4.26.